The molecule has 3 rings (SSSR count). The molecule has 1 heterocycles. The van der Waals surface area contributed by atoms with Crippen LogP contribution in [0.15, 0.2) is 42.5 Å². The Balaban J connectivity index is 1.58. The highest BCUT2D eigenvalue weighted by Crippen LogP contribution is 2.29. The minimum atomic E-state index is -1.17. The number of nitrogens with one attached hydrogen (secondary N) is 1. The van der Waals surface area contributed by atoms with Gasteiger partial charge in [-0.3, -0.25) is 19.3 Å². The topological polar surface area (TPSA) is 111 Å². The maximum Gasteiger partial charge on any atom is 0.329 e. The van der Waals surface area contributed by atoms with Crippen molar-refractivity contribution >= 4 is 29.4 Å². The van der Waals surface area contributed by atoms with Gasteiger partial charge in [0.05, 0.1) is 25.3 Å². The highest BCUT2D eigenvalue weighted by atomic mass is 16.5. The second kappa shape index (κ2) is 8.64. The Hall–Kier alpha value is -3.88. The van der Waals surface area contributed by atoms with Gasteiger partial charge in [-0.05, 0) is 31.2 Å². The maximum atomic E-state index is 12.4. The number of hydrogen-bond donors (Lipinski definition) is 1. The van der Waals surface area contributed by atoms with Gasteiger partial charge in [-0.15, -0.1) is 0 Å². The van der Waals surface area contributed by atoms with E-state index in [1.54, 1.807) is 30.3 Å². The number of carbonyl (C=O) groups excluding carboxylic acids is 4. The van der Waals surface area contributed by atoms with Crippen molar-refractivity contribution in [3.63, 3.8) is 0 Å². The monoisotopic (exact) mass is 412 g/mol. The summed E-state index contributed by atoms with van der Waals surface area (Å²) in [5.74, 6) is -1.69. The summed E-state index contributed by atoms with van der Waals surface area (Å²) >= 11 is 0. The number of ether oxygens (including phenoxy) is 3. The highest BCUT2D eigenvalue weighted by molar-refractivity contribution is 6.22. The molecule has 0 spiro atoms. The van der Waals surface area contributed by atoms with E-state index in [-0.39, 0.29) is 11.1 Å². The summed E-state index contributed by atoms with van der Waals surface area (Å²) in [6, 6.07) is 9.90. The molecule has 156 valence electrons. The Kier molecular flexibility index (Phi) is 6.01. The number of benzene rings is 2. The van der Waals surface area contributed by atoms with Crippen molar-refractivity contribution in [1.82, 2.24) is 4.90 Å². The maximum absolute atomic E-state index is 12.4. The largest absolute Gasteiger partial charge is 0.493 e. The molecular weight excluding hydrogens is 392 g/mol. The molecule has 0 radical (unpaired) electrons. The lowest BCUT2D eigenvalue weighted by Crippen LogP contribution is -2.44. The molecule has 2 aromatic rings. The smallest absolute Gasteiger partial charge is 0.329 e. The molecule has 0 aliphatic carbocycles. The molecule has 3 amide bonds. The Morgan fingerprint density at radius 2 is 1.57 bits per heavy atom. The first kappa shape index (κ1) is 20.8. The summed E-state index contributed by atoms with van der Waals surface area (Å²) < 4.78 is 15.3. The van der Waals surface area contributed by atoms with Crippen LogP contribution < -0.4 is 14.8 Å². The van der Waals surface area contributed by atoms with Crippen molar-refractivity contribution < 1.29 is 33.4 Å². The SMILES string of the molecule is COc1ccc(NC(=O)COC(=O)[C@H](C)N2C(=O)c3ccccc3C2=O)cc1OC. The van der Waals surface area contributed by atoms with Crippen LogP contribution in [0, 0.1) is 0 Å². The van der Waals surface area contributed by atoms with Gasteiger partial charge < -0.3 is 19.5 Å². The second-order valence-electron chi connectivity index (χ2n) is 6.43. The normalized spacial score (nSPS) is 13.5. The van der Waals surface area contributed by atoms with Gasteiger partial charge in [0.25, 0.3) is 17.7 Å². The molecule has 0 saturated heterocycles. The number of amides is 3. The highest BCUT2D eigenvalue weighted by Gasteiger charge is 2.41. The van der Waals surface area contributed by atoms with Crippen molar-refractivity contribution in [1.29, 1.82) is 0 Å². The van der Waals surface area contributed by atoms with Crippen molar-refractivity contribution in [3.8, 4) is 11.5 Å². The van der Waals surface area contributed by atoms with Crippen molar-refractivity contribution in [3.05, 3.63) is 53.6 Å². The van der Waals surface area contributed by atoms with Gasteiger partial charge in [0, 0.05) is 11.8 Å². The van der Waals surface area contributed by atoms with Crippen LogP contribution in [0.4, 0.5) is 5.69 Å². The van der Waals surface area contributed by atoms with Crippen molar-refractivity contribution in [2.75, 3.05) is 26.1 Å². The molecule has 0 fully saturated rings. The summed E-state index contributed by atoms with van der Waals surface area (Å²) in [4.78, 5) is 50.2. The number of nitrogens with zero attached hydrogens (tertiary/aromatic N) is 1. The first-order chi connectivity index (χ1) is 14.4. The number of anilines is 1. The predicted molar refractivity (Wildman–Crippen MR) is 106 cm³/mol. The summed E-state index contributed by atoms with van der Waals surface area (Å²) in [7, 11) is 2.96. The number of rotatable bonds is 7. The van der Waals surface area contributed by atoms with E-state index in [9.17, 15) is 19.2 Å². The van der Waals surface area contributed by atoms with E-state index in [0.29, 0.717) is 17.2 Å². The lowest BCUT2D eigenvalue weighted by molar-refractivity contribution is -0.150. The fraction of sp³-hybridized carbons (Fsp3) is 0.238. The van der Waals surface area contributed by atoms with E-state index in [1.807, 2.05) is 0 Å². The molecule has 9 nitrogen and oxygen atoms in total. The van der Waals surface area contributed by atoms with Crippen LogP contribution in [0.5, 0.6) is 11.5 Å². The van der Waals surface area contributed by atoms with Crippen LogP contribution in [0.2, 0.25) is 0 Å². The molecule has 0 bridgehead atoms. The number of imide groups is 1. The van der Waals surface area contributed by atoms with Gasteiger partial charge in [0.1, 0.15) is 6.04 Å². The van der Waals surface area contributed by atoms with E-state index in [2.05, 4.69) is 5.32 Å². The average Bonchev–Trinajstić information content (AvgIpc) is 3.01. The van der Waals surface area contributed by atoms with Crippen LogP contribution in [0.3, 0.4) is 0 Å². The molecular formula is C21H20N2O7. The predicted octanol–water partition coefficient (Wildman–Crippen LogP) is 1.87. The fourth-order valence-corrected chi connectivity index (χ4v) is 3.03. The number of esters is 1. The minimum absolute atomic E-state index is 0.230. The van der Waals surface area contributed by atoms with Gasteiger partial charge in [-0.2, -0.15) is 0 Å². The standard InChI is InChI=1S/C21H20N2O7/c1-12(23-19(25)14-6-4-5-7-15(14)20(23)26)21(27)30-11-18(24)22-13-8-9-16(28-2)17(10-13)29-3/h4-10,12H,11H2,1-3H3,(H,22,24)/t12-/m0/s1. The van der Waals surface area contributed by atoms with Gasteiger partial charge in [-0.1, -0.05) is 12.1 Å². The Bertz CT molecular complexity index is 983. The zero-order valence-corrected chi connectivity index (χ0v) is 16.6. The third kappa shape index (κ3) is 3.95. The van der Waals surface area contributed by atoms with Gasteiger partial charge in [0.15, 0.2) is 18.1 Å². The first-order valence-electron chi connectivity index (χ1n) is 9.02. The summed E-state index contributed by atoms with van der Waals surface area (Å²) in [6.45, 7) is 0.789. The first-order valence-corrected chi connectivity index (χ1v) is 9.02. The number of hydrogen-bond acceptors (Lipinski definition) is 7. The zero-order chi connectivity index (χ0) is 21.8. The molecule has 1 atom stereocenters. The quantitative estimate of drug-likeness (QED) is 0.546. The lowest BCUT2D eigenvalue weighted by atomic mass is 10.1. The molecule has 1 aliphatic rings. The Morgan fingerprint density at radius 3 is 2.13 bits per heavy atom. The average molecular weight is 412 g/mol. The minimum Gasteiger partial charge on any atom is -0.493 e. The van der Waals surface area contributed by atoms with E-state index in [1.165, 1.54) is 33.3 Å². The lowest BCUT2D eigenvalue weighted by Gasteiger charge is -2.20. The Morgan fingerprint density at radius 1 is 0.967 bits per heavy atom. The summed E-state index contributed by atoms with van der Waals surface area (Å²) in [5, 5.41) is 2.56. The van der Waals surface area contributed by atoms with Crippen LogP contribution in [0.1, 0.15) is 27.6 Å². The molecule has 9 heteroatoms. The molecule has 0 unspecified atom stereocenters. The van der Waals surface area contributed by atoms with Crippen LogP contribution in [-0.4, -0.2) is 55.5 Å². The fourth-order valence-electron chi connectivity index (χ4n) is 3.03. The van der Waals surface area contributed by atoms with E-state index in [4.69, 9.17) is 14.2 Å². The van der Waals surface area contributed by atoms with Gasteiger partial charge >= 0.3 is 5.97 Å². The second-order valence-corrected chi connectivity index (χ2v) is 6.43. The molecule has 30 heavy (non-hydrogen) atoms. The summed E-state index contributed by atoms with van der Waals surface area (Å²) in [5.41, 5.74) is 0.879. The molecule has 0 aromatic heterocycles. The molecule has 1 N–H and O–H groups in total. The zero-order valence-electron chi connectivity index (χ0n) is 16.6. The number of methoxy groups -OCH3 is 2. The molecule has 0 saturated carbocycles. The number of carbonyl (C=O) groups is 4. The van der Waals surface area contributed by atoms with Crippen LogP contribution >= 0.6 is 0 Å². The number of fused-ring (bicyclic) bond motifs is 1. The molecule has 2 aromatic carbocycles. The summed E-state index contributed by atoms with van der Waals surface area (Å²) in [6.07, 6.45) is 0. The van der Waals surface area contributed by atoms with E-state index in [0.717, 1.165) is 4.90 Å². The van der Waals surface area contributed by atoms with Crippen LogP contribution in [0.25, 0.3) is 0 Å². The van der Waals surface area contributed by atoms with Gasteiger partial charge in [0.2, 0.25) is 0 Å². The Labute approximate surface area is 172 Å². The van der Waals surface area contributed by atoms with E-state index >= 15 is 0 Å². The third-order valence-electron chi connectivity index (χ3n) is 4.57. The van der Waals surface area contributed by atoms with Crippen molar-refractivity contribution in [2.45, 2.75) is 13.0 Å². The van der Waals surface area contributed by atoms with Crippen molar-refractivity contribution in [2.24, 2.45) is 0 Å². The third-order valence-corrected chi connectivity index (χ3v) is 4.57. The molecule has 1 aliphatic heterocycles. The van der Waals surface area contributed by atoms with E-state index < -0.39 is 36.3 Å². The van der Waals surface area contributed by atoms with Crippen LogP contribution in [-0.2, 0) is 14.3 Å². The van der Waals surface area contributed by atoms with Gasteiger partial charge in [-0.25, -0.2) is 4.79 Å².